The fourth-order valence-corrected chi connectivity index (χ4v) is 5.45. The SMILES string of the molecule is COc1ccc(CCN2CCN(S(=O)(=O)c3cccc4cc(C)cnc34)CC2)cc1. The van der Waals surface area contributed by atoms with Crippen molar-refractivity contribution in [1.82, 2.24) is 14.2 Å². The summed E-state index contributed by atoms with van der Waals surface area (Å²) in [6.07, 6.45) is 2.65. The zero-order chi connectivity index (χ0) is 21.1. The number of piperazine rings is 1. The molecule has 0 spiro atoms. The number of nitrogens with zero attached hydrogens (tertiary/aromatic N) is 3. The van der Waals surface area contributed by atoms with Crippen molar-refractivity contribution in [1.29, 1.82) is 0 Å². The molecule has 30 heavy (non-hydrogen) atoms. The molecule has 0 aliphatic carbocycles. The molecule has 0 unspecified atom stereocenters. The third-order valence-electron chi connectivity index (χ3n) is 5.64. The Hall–Kier alpha value is -2.48. The fraction of sp³-hybridized carbons (Fsp3) is 0.348. The first-order chi connectivity index (χ1) is 14.5. The van der Waals surface area contributed by atoms with Crippen LogP contribution >= 0.6 is 0 Å². The molecule has 3 aromatic rings. The predicted molar refractivity (Wildman–Crippen MR) is 118 cm³/mol. The molecule has 1 aliphatic rings. The molecule has 158 valence electrons. The Bertz CT molecular complexity index is 1120. The van der Waals surface area contributed by atoms with Gasteiger partial charge in [0.05, 0.1) is 12.6 Å². The summed E-state index contributed by atoms with van der Waals surface area (Å²) in [5.41, 5.74) is 2.82. The number of fused-ring (bicyclic) bond motifs is 1. The van der Waals surface area contributed by atoms with Crippen LogP contribution in [0.5, 0.6) is 5.75 Å². The summed E-state index contributed by atoms with van der Waals surface area (Å²) in [6, 6.07) is 15.4. The maximum atomic E-state index is 13.3. The van der Waals surface area contributed by atoms with Crippen LogP contribution in [-0.2, 0) is 16.4 Å². The average Bonchev–Trinajstić information content (AvgIpc) is 2.77. The topological polar surface area (TPSA) is 62.7 Å². The van der Waals surface area contributed by atoms with Crippen molar-refractivity contribution >= 4 is 20.9 Å². The minimum Gasteiger partial charge on any atom is -0.497 e. The van der Waals surface area contributed by atoms with E-state index in [4.69, 9.17) is 4.74 Å². The quantitative estimate of drug-likeness (QED) is 0.607. The molecule has 6 nitrogen and oxygen atoms in total. The molecule has 1 saturated heterocycles. The molecule has 0 atom stereocenters. The van der Waals surface area contributed by atoms with E-state index in [2.05, 4.69) is 22.0 Å². The summed E-state index contributed by atoms with van der Waals surface area (Å²) in [7, 11) is -1.90. The van der Waals surface area contributed by atoms with Crippen molar-refractivity contribution < 1.29 is 13.2 Å². The standard InChI is InChI=1S/C23H27N3O3S/c1-18-16-20-4-3-5-22(23(20)24-17-18)30(27,28)26-14-12-25(13-15-26)11-10-19-6-8-21(29-2)9-7-19/h3-9,16-17H,10-15H2,1-2H3. The normalized spacial score (nSPS) is 16.1. The van der Waals surface area contributed by atoms with E-state index >= 15 is 0 Å². The first-order valence-corrected chi connectivity index (χ1v) is 11.6. The minimum absolute atomic E-state index is 0.298. The van der Waals surface area contributed by atoms with Gasteiger partial charge in [0.25, 0.3) is 0 Å². The molecule has 1 aliphatic heterocycles. The van der Waals surface area contributed by atoms with Crippen molar-refractivity contribution in [3.8, 4) is 5.75 Å². The number of ether oxygens (including phenoxy) is 1. The van der Waals surface area contributed by atoms with Crippen LogP contribution in [0.1, 0.15) is 11.1 Å². The second-order valence-electron chi connectivity index (χ2n) is 7.68. The Morgan fingerprint density at radius 3 is 2.47 bits per heavy atom. The number of aryl methyl sites for hydroxylation is 1. The predicted octanol–water partition coefficient (Wildman–Crippen LogP) is 3.10. The first-order valence-electron chi connectivity index (χ1n) is 10.2. The van der Waals surface area contributed by atoms with Gasteiger partial charge in [0.2, 0.25) is 10.0 Å². The lowest BCUT2D eigenvalue weighted by atomic mass is 10.1. The van der Waals surface area contributed by atoms with Gasteiger partial charge in [0, 0.05) is 44.3 Å². The third-order valence-corrected chi connectivity index (χ3v) is 7.57. The lowest BCUT2D eigenvalue weighted by Gasteiger charge is -2.34. The number of para-hydroxylation sites is 1. The summed E-state index contributed by atoms with van der Waals surface area (Å²) in [6.45, 7) is 5.31. The van der Waals surface area contributed by atoms with Crippen LogP contribution in [0.25, 0.3) is 10.9 Å². The van der Waals surface area contributed by atoms with E-state index in [0.717, 1.165) is 42.8 Å². The van der Waals surface area contributed by atoms with Crippen LogP contribution in [0.2, 0.25) is 0 Å². The van der Waals surface area contributed by atoms with Crippen molar-refractivity contribution in [2.75, 3.05) is 39.8 Å². The first kappa shape index (κ1) is 20.8. The second-order valence-corrected chi connectivity index (χ2v) is 9.59. The summed E-state index contributed by atoms with van der Waals surface area (Å²) in [5.74, 6) is 0.857. The van der Waals surface area contributed by atoms with Gasteiger partial charge in [-0.2, -0.15) is 4.31 Å². The highest BCUT2D eigenvalue weighted by Crippen LogP contribution is 2.25. The smallest absolute Gasteiger partial charge is 0.245 e. The lowest BCUT2D eigenvalue weighted by Crippen LogP contribution is -2.49. The van der Waals surface area contributed by atoms with E-state index < -0.39 is 10.0 Å². The molecule has 4 rings (SSSR count). The summed E-state index contributed by atoms with van der Waals surface area (Å²) >= 11 is 0. The number of rotatable bonds is 6. The number of hydrogen-bond donors (Lipinski definition) is 0. The van der Waals surface area contributed by atoms with Gasteiger partial charge < -0.3 is 9.64 Å². The number of aromatic nitrogens is 1. The Kier molecular flexibility index (Phi) is 6.04. The zero-order valence-corrected chi connectivity index (χ0v) is 18.2. The molecular weight excluding hydrogens is 398 g/mol. The molecular formula is C23H27N3O3S. The number of hydrogen-bond acceptors (Lipinski definition) is 5. The Morgan fingerprint density at radius 2 is 1.77 bits per heavy atom. The molecule has 1 fully saturated rings. The van der Waals surface area contributed by atoms with Crippen molar-refractivity contribution in [3.05, 3.63) is 65.9 Å². The fourth-order valence-electron chi connectivity index (χ4n) is 3.86. The number of benzene rings is 2. The van der Waals surface area contributed by atoms with Gasteiger partial charge in [-0.05, 0) is 48.7 Å². The minimum atomic E-state index is -3.57. The van der Waals surface area contributed by atoms with Crippen LogP contribution in [0, 0.1) is 6.92 Å². The number of sulfonamides is 1. The molecule has 0 amide bonds. The van der Waals surface area contributed by atoms with Gasteiger partial charge in [0.15, 0.2) is 0 Å². The van der Waals surface area contributed by atoms with Crippen molar-refractivity contribution in [3.63, 3.8) is 0 Å². The van der Waals surface area contributed by atoms with Gasteiger partial charge in [-0.1, -0.05) is 24.3 Å². The van der Waals surface area contributed by atoms with E-state index in [-0.39, 0.29) is 0 Å². The van der Waals surface area contributed by atoms with Crippen LogP contribution in [0.15, 0.2) is 59.6 Å². The highest BCUT2D eigenvalue weighted by molar-refractivity contribution is 7.89. The van der Waals surface area contributed by atoms with Crippen molar-refractivity contribution in [2.45, 2.75) is 18.2 Å². The van der Waals surface area contributed by atoms with E-state index in [0.29, 0.717) is 23.5 Å². The van der Waals surface area contributed by atoms with E-state index in [9.17, 15) is 8.42 Å². The molecule has 0 N–H and O–H groups in total. The van der Waals surface area contributed by atoms with Gasteiger partial charge in [-0.25, -0.2) is 8.42 Å². The third kappa shape index (κ3) is 4.33. The van der Waals surface area contributed by atoms with E-state index in [1.165, 1.54) is 5.56 Å². The van der Waals surface area contributed by atoms with Crippen LogP contribution in [-0.4, -0.2) is 62.4 Å². The Balaban J connectivity index is 1.41. The van der Waals surface area contributed by atoms with Gasteiger partial charge in [-0.15, -0.1) is 0 Å². The highest BCUT2D eigenvalue weighted by atomic mass is 32.2. The van der Waals surface area contributed by atoms with Crippen LogP contribution in [0.4, 0.5) is 0 Å². The molecule has 7 heteroatoms. The Labute approximate surface area is 178 Å². The Morgan fingerprint density at radius 1 is 1.03 bits per heavy atom. The maximum absolute atomic E-state index is 13.3. The van der Waals surface area contributed by atoms with Crippen molar-refractivity contribution in [2.24, 2.45) is 0 Å². The highest BCUT2D eigenvalue weighted by Gasteiger charge is 2.30. The van der Waals surface area contributed by atoms with Gasteiger partial charge in [-0.3, -0.25) is 4.98 Å². The van der Waals surface area contributed by atoms with Gasteiger partial charge >= 0.3 is 0 Å². The summed E-state index contributed by atoms with van der Waals surface area (Å²) in [5, 5.41) is 0.856. The largest absolute Gasteiger partial charge is 0.497 e. The second kappa shape index (κ2) is 8.71. The maximum Gasteiger partial charge on any atom is 0.245 e. The average molecular weight is 426 g/mol. The molecule has 0 bridgehead atoms. The monoisotopic (exact) mass is 425 g/mol. The number of pyridine rings is 1. The van der Waals surface area contributed by atoms with Crippen LogP contribution in [0.3, 0.4) is 0 Å². The number of methoxy groups -OCH3 is 1. The van der Waals surface area contributed by atoms with Gasteiger partial charge in [0.1, 0.15) is 10.6 Å². The van der Waals surface area contributed by atoms with Crippen LogP contribution < -0.4 is 4.74 Å². The molecule has 2 heterocycles. The molecule has 1 aromatic heterocycles. The summed E-state index contributed by atoms with van der Waals surface area (Å²) in [4.78, 5) is 7.03. The molecule has 2 aromatic carbocycles. The zero-order valence-electron chi connectivity index (χ0n) is 17.4. The molecule has 0 radical (unpaired) electrons. The van der Waals surface area contributed by atoms with E-state index in [1.54, 1.807) is 29.7 Å². The lowest BCUT2D eigenvalue weighted by molar-refractivity contribution is 0.190. The molecule has 0 saturated carbocycles. The summed E-state index contributed by atoms with van der Waals surface area (Å²) < 4.78 is 33.4. The van der Waals surface area contributed by atoms with E-state index in [1.807, 2.05) is 31.2 Å².